The third kappa shape index (κ3) is 3.48. The molecule has 24 heavy (non-hydrogen) atoms. The number of carbonyl (C=O) groups excluding carboxylic acids is 2. The highest BCUT2D eigenvalue weighted by molar-refractivity contribution is 7.09. The topological polar surface area (TPSA) is 53.5 Å². The van der Waals surface area contributed by atoms with Crippen molar-refractivity contribution in [2.45, 2.75) is 52.0 Å². The number of thiazole rings is 1. The number of aromatic nitrogens is 1. The average molecular weight is 350 g/mol. The molecule has 0 aromatic carbocycles. The second-order valence-electron chi connectivity index (χ2n) is 7.18. The van der Waals surface area contributed by atoms with Gasteiger partial charge in [-0.3, -0.25) is 9.59 Å². The molecule has 2 amide bonds. The van der Waals surface area contributed by atoms with Gasteiger partial charge in [0.1, 0.15) is 5.01 Å². The maximum absolute atomic E-state index is 12.8. The van der Waals surface area contributed by atoms with Gasteiger partial charge < -0.3 is 9.80 Å². The van der Waals surface area contributed by atoms with E-state index in [9.17, 15) is 9.59 Å². The fraction of sp³-hybridized carbons (Fsp3) is 0.722. The Kier molecular flexibility index (Phi) is 5.23. The van der Waals surface area contributed by atoms with E-state index in [1.807, 2.05) is 36.1 Å². The molecule has 0 unspecified atom stereocenters. The molecule has 2 heterocycles. The lowest BCUT2D eigenvalue weighted by molar-refractivity contribution is -0.144. The van der Waals surface area contributed by atoms with Crippen LogP contribution in [0.25, 0.3) is 0 Å². The van der Waals surface area contributed by atoms with Crippen molar-refractivity contribution in [3.05, 3.63) is 16.1 Å². The van der Waals surface area contributed by atoms with Crippen molar-refractivity contribution in [3.8, 4) is 0 Å². The van der Waals surface area contributed by atoms with Crippen molar-refractivity contribution < 1.29 is 9.59 Å². The van der Waals surface area contributed by atoms with E-state index in [0.717, 1.165) is 49.5 Å². The smallest absolute Gasteiger partial charge is 0.226 e. The zero-order valence-corrected chi connectivity index (χ0v) is 15.6. The molecule has 1 atom stereocenters. The number of likely N-dealkylation sites (tertiary alicyclic amines) is 1. The summed E-state index contributed by atoms with van der Waals surface area (Å²) in [6, 6.07) is 0.00541. The Balaban J connectivity index is 1.53. The van der Waals surface area contributed by atoms with E-state index in [2.05, 4.69) is 4.98 Å². The van der Waals surface area contributed by atoms with Crippen LogP contribution >= 0.6 is 11.3 Å². The molecular formula is C18H27N3O2S. The van der Waals surface area contributed by atoms with Gasteiger partial charge in [0.2, 0.25) is 11.8 Å². The van der Waals surface area contributed by atoms with Gasteiger partial charge >= 0.3 is 0 Å². The first-order valence-corrected chi connectivity index (χ1v) is 9.83. The minimum absolute atomic E-state index is 0.00541. The van der Waals surface area contributed by atoms with Crippen LogP contribution in [-0.2, 0) is 9.59 Å². The number of hydrogen-bond donors (Lipinski definition) is 0. The van der Waals surface area contributed by atoms with E-state index < -0.39 is 0 Å². The van der Waals surface area contributed by atoms with Gasteiger partial charge in [0.25, 0.3) is 0 Å². The normalized spacial score (nSPS) is 20.5. The van der Waals surface area contributed by atoms with Gasteiger partial charge in [-0.25, -0.2) is 4.98 Å². The average Bonchev–Trinajstić information content (AvgIpc) is 2.97. The maximum Gasteiger partial charge on any atom is 0.226 e. The van der Waals surface area contributed by atoms with Crippen molar-refractivity contribution in [2.24, 2.45) is 11.8 Å². The number of rotatable bonds is 4. The Labute approximate surface area is 148 Å². The molecular weight excluding hydrogens is 322 g/mol. The summed E-state index contributed by atoms with van der Waals surface area (Å²) in [5.41, 5.74) is 1.01. The van der Waals surface area contributed by atoms with Crippen molar-refractivity contribution in [1.29, 1.82) is 0 Å². The van der Waals surface area contributed by atoms with Crippen LogP contribution in [-0.4, -0.2) is 46.7 Å². The lowest BCUT2D eigenvalue weighted by Crippen LogP contribution is -2.46. The van der Waals surface area contributed by atoms with Crippen molar-refractivity contribution in [2.75, 3.05) is 20.1 Å². The molecule has 3 rings (SSSR count). The molecule has 2 fully saturated rings. The summed E-state index contributed by atoms with van der Waals surface area (Å²) in [4.78, 5) is 33.4. The monoisotopic (exact) mass is 349 g/mol. The van der Waals surface area contributed by atoms with Crippen LogP contribution in [0.2, 0.25) is 0 Å². The maximum atomic E-state index is 12.8. The van der Waals surface area contributed by atoms with E-state index in [4.69, 9.17) is 0 Å². The van der Waals surface area contributed by atoms with E-state index >= 15 is 0 Å². The molecule has 132 valence electrons. The summed E-state index contributed by atoms with van der Waals surface area (Å²) in [6.07, 6.45) is 4.84. The van der Waals surface area contributed by atoms with E-state index in [0.29, 0.717) is 5.91 Å². The molecule has 1 saturated heterocycles. The van der Waals surface area contributed by atoms with E-state index in [-0.39, 0.29) is 23.8 Å². The minimum Gasteiger partial charge on any atom is -0.342 e. The van der Waals surface area contributed by atoms with Crippen LogP contribution in [0.5, 0.6) is 0 Å². The summed E-state index contributed by atoms with van der Waals surface area (Å²) in [5.74, 6) is 0.787. The first-order chi connectivity index (χ1) is 11.5. The molecule has 1 aliphatic heterocycles. The van der Waals surface area contributed by atoms with Crippen LogP contribution in [0.1, 0.15) is 55.8 Å². The molecule has 1 aromatic rings. The van der Waals surface area contributed by atoms with E-state index in [1.165, 1.54) is 6.42 Å². The van der Waals surface area contributed by atoms with Crippen LogP contribution in [0.3, 0.4) is 0 Å². The van der Waals surface area contributed by atoms with E-state index in [1.54, 1.807) is 11.3 Å². The number of nitrogens with zero attached hydrogens (tertiary/aromatic N) is 3. The first-order valence-electron chi connectivity index (χ1n) is 8.95. The van der Waals surface area contributed by atoms with Gasteiger partial charge in [-0.1, -0.05) is 6.42 Å². The lowest BCUT2D eigenvalue weighted by Gasteiger charge is -2.37. The molecule has 1 aliphatic carbocycles. The molecule has 1 aromatic heterocycles. The molecule has 2 aliphatic rings. The Morgan fingerprint density at radius 2 is 1.92 bits per heavy atom. The molecule has 6 heteroatoms. The molecule has 0 spiro atoms. The van der Waals surface area contributed by atoms with Gasteiger partial charge in [0.05, 0.1) is 6.04 Å². The number of hydrogen-bond acceptors (Lipinski definition) is 4. The largest absolute Gasteiger partial charge is 0.342 e. The predicted octanol–water partition coefficient (Wildman–Crippen LogP) is 3.01. The number of aryl methyl sites for hydroxylation is 1. The van der Waals surface area contributed by atoms with Crippen molar-refractivity contribution in [1.82, 2.24) is 14.8 Å². The molecule has 5 nitrogen and oxygen atoms in total. The third-order valence-electron chi connectivity index (χ3n) is 5.53. The Morgan fingerprint density at radius 1 is 1.25 bits per heavy atom. The van der Waals surface area contributed by atoms with Gasteiger partial charge in [-0.2, -0.15) is 0 Å². The summed E-state index contributed by atoms with van der Waals surface area (Å²) in [5, 5.41) is 3.01. The fourth-order valence-corrected chi connectivity index (χ4v) is 4.36. The zero-order valence-electron chi connectivity index (χ0n) is 14.8. The van der Waals surface area contributed by atoms with Gasteiger partial charge in [-0.05, 0) is 39.5 Å². The molecule has 0 bridgehead atoms. The first kappa shape index (κ1) is 17.4. The molecule has 0 N–H and O–H groups in total. The highest BCUT2D eigenvalue weighted by Gasteiger charge is 2.34. The molecule has 0 radical (unpaired) electrons. The summed E-state index contributed by atoms with van der Waals surface area (Å²) in [6.45, 7) is 5.46. The van der Waals surface area contributed by atoms with Crippen molar-refractivity contribution in [3.63, 3.8) is 0 Å². The van der Waals surface area contributed by atoms with Crippen LogP contribution < -0.4 is 0 Å². The van der Waals surface area contributed by atoms with Crippen LogP contribution in [0.15, 0.2) is 5.38 Å². The van der Waals surface area contributed by atoms with Gasteiger partial charge in [-0.15, -0.1) is 11.3 Å². The third-order valence-corrected chi connectivity index (χ3v) is 6.67. The standard InChI is InChI=1S/C18H27N3O2S/c1-12-11-24-16(19-12)13(2)20(3)17(22)15-7-9-21(10-8-15)18(23)14-5-4-6-14/h11,13-15H,4-10H2,1-3H3/t13-/m1/s1. The SMILES string of the molecule is Cc1csc([C@@H](C)N(C)C(=O)C2CCN(C(=O)C3CCC3)CC2)n1. The van der Waals surface area contributed by atoms with Gasteiger partial charge in [0.15, 0.2) is 0 Å². The highest BCUT2D eigenvalue weighted by atomic mass is 32.1. The Hall–Kier alpha value is -1.43. The predicted molar refractivity (Wildman–Crippen MR) is 94.7 cm³/mol. The number of carbonyl (C=O) groups is 2. The minimum atomic E-state index is 0.00541. The summed E-state index contributed by atoms with van der Waals surface area (Å²) < 4.78 is 0. The quantitative estimate of drug-likeness (QED) is 0.840. The summed E-state index contributed by atoms with van der Waals surface area (Å²) in [7, 11) is 1.87. The highest BCUT2D eigenvalue weighted by Crippen LogP contribution is 2.31. The Morgan fingerprint density at radius 3 is 2.42 bits per heavy atom. The zero-order chi connectivity index (χ0) is 17.3. The molecule has 1 saturated carbocycles. The second kappa shape index (κ2) is 7.21. The van der Waals surface area contributed by atoms with Gasteiger partial charge in [0, 0.05) is 43.0 Å². The number of piperidine rings is 1. The van der Waals surface area contributed by atoms with Crippen LogP contribution in [0.4, 0.5) is 0 Å². The summed E-state index contributed by atoms with van der Waals surface area (Å²) >= 11 is 1.61. The lowest BCUT2D eigenvalue weighted by atomic mass is 9.83. The van der Waals surface area contributed by atoms with Crippen molar-refractivity contribution >= 4 is 23.2 Å². The Bertz CT molecular complexity index is 603. The number of amides is 2. The fourth-order valence-electron chi connectivity index (χ4n) is 3.47. The van der Waals surface area contributed by atoms with Crippen LogP contribution in [0, 0.1) is 18.8 Å². The second-order valence-corrected chi connectivity index (χ2v) is 8.07.